The Labute approximate surface area is 98.4 Å². The van der Waals surface area contributed by atoms with Crippen molar-refractivity contribution in [2.75, 3.05) is 6.54 Å². The minimum Gasteiger partial charge on any atom is -0.444 e. The minimum absolute atomic E-state index is 0.0408. The molecular weight excluding hydrogens is 204 g/mol. The summed E-state index contributed by atoms with van der Waals surface area (Å²) in [5.41, 5.74) is -0.494. The van der Waals surface area contributed by atoms with Crippen molar-refractivity contribution < 1.29 is 9.53 Å². The van der Waals surface area contributed by atoms with Gasteiger partial charge in [0.05, 0.1) is 6.54 Å². The van der Waals surface area contributed by atoms with Gasteiger partial charge in [0.1, 0.15) is 5.60 Å². The third-order valence-corrected chi connectivity index (χ3v) is 1.93. The van der Waals surface area contributed by atoms with Gasteiger partial charge >= 0.3 is 6.09 Å². The molecule has 0 saturated carbocycles. The van der Waals surface area contributed by atoms with Crippen molar-refractivity contribution in [3.8, 4) is 0 Å². The Hall–Kier alpha value is -1.24. The average Bonchev–Trinajstić information content (AvgIpc) is 2.09. The Kier molecular flexibility index (Phi) is 5.29. The van der Waals surface area contributed by atoms with Crippen molar-refractivity contribution >= 4 is 6.09 Å². The van der Waals surface area contributed by atoms with E-state index < -0.39 is 5.60 Å². The summed E-state index contributed by atoms with van der Waals surface area (Å²) in [6.45, 7) is 18.5. The van der Waals surface area contributed by atoms with E-state index in [0.717, 1.165) is 0 Å². The monoisotopic (exact) mass is 226 g/mol. The second kappa shape index (κ2) is 5.74. The molecule has 0 spiro atoms. The lowest BCUT2D eigenvalue weighted by molar-refractivity contribution is 0.0188. The second-order valence-electron chi connectivity index (χ2n) is 5.20. The molecule has 0 aliphatic carbocycles. The number of carbonyl (C=O) groups is 1. The molecule has 1 unspecified atom stereocenters. The van der Waals surface area contributed by atoms with Gasteiger partial charge in [0.25, 0.3) is 0 Å². The van der Waals surface area contributed by atoms with Gasteiger partial charge < -0.3 is 9.58 Å². The van der Waals surface area contributed by atoms with Crippen molar-refractivity contribution in [2.45, 2.75) is 59.2 Å². The number of amides is 1. The van der Waals surface area contributed by atoms with E-state index in [9.17, 15) is 4.79 Å². The number of nitrogens with zero attached hydrogens (tertiary/aromatic N) is 2. The lowest BCUT2D eigenvalue weighted by Crippen LogP contribution is -2.43. The number of hydrogen-bond acceptors (Lipinski definition) is 2. The maximum absolute atomic E-state index is 11.9. The number of carbonyl (C=O) groups excluding carboxylic acids is 1. The molecule has 0 N–H and O–H groups in total. The molecule has 16 heavy (non-hydrogen) atoms. The summed E-state index contributed by atoms with van der Waals surface area (Å²) in [4.78, 5) is 16.8. The molecule has 0 rings (SSSR count). The quantitative estimate of drug-likeness (QED) is 0.693. The van der Waals surface area contributed by atoms with Crippen molar-refractivity contribution in [2.24, 2.45) is 0 Å². The molecule has 0 radical (unpaired) electrons. The van der Waals surface area contributed by atoms with Crippen LogP contribution in [0.5, 0.6) is 0 Å². The fraction of sp³-hybridized carbons (Fsp3) is 0.833. The predicted molar refractivity (Wildman–Crippen MR) is 64.1 cm³/mol. The zero-order valence-corrected chi connectivity index (χ0v) is 11.1. The van der Waals surface area contributed by atoms with Gasteiger partial charge in [-0.25, -0.2) is 11.4 Å². The maximum atomic E-state index is 11.9. The SMILES string of the molecule is [C-]#[N+]C(C)CN(C(=O)OC(C)(C)C)C(C)C. The molecule has 0 aromatic carbocycles. The first-order valence-electron chi connectivity index (χ1n) is 5.53. The molecule has 0 fully saturated rings. The van der Waals surface area contributed by atoms with Crippen molar-refractivity contribution in [1.82, 2.24) is 4.90 Å². The van der Waals surface area contributed by atoms with E-state index in [-0.39, 0.29) is 18.2 Å². The van der Waals surface area contributed by atoms with Crippen molar-refractivity contribution in [3.63, 3.8) is 0 Å². The van der Waals surface area contributed by atoms with E-state index in [0.29, 0.717) is 6.54 Å². The molecule has 92 valence electrons. The second-order valence-corrected chi connectivity index (χ2v) is 5.20. The summed E-state index contributed by atoms with van der Waals surface area (Å²) < 4.78 is 5.29. The summed E-state index contributed by atoms with van der Waals surface area (Å²) >= 11 is 0. The molecule has 4 nitrogen and oxygen atoms in total. The van der Waals surface area contributed by atoms with Gasteiger partial charge in [-0.1, -0.05) is 0 Å². The minimum atomic E-state index is -0.494. The van der Waals surface area contributed by atoms with E-state index in [1.807, 2.05) is 34.6 Å². The highest BCUT2D eigenvalue weighted by Gasteiger charge is 2.26. The third kappa shape index (κ3) is 5.59. The molecule has 1 atom stereocenters. The summed E-state index contributed by atoms with van der Waals surface area (Å²) in [6, 6.07) is -0.158. The van der Waals surface area contributed by atoms with Crippen LogP contribution >= 0.6 is 0 Å². The van der Waals surface area contributed by atoms with Crippen LogP contribution < -0.4 is 0 Å². The predicted octanol–water partition coefficient (Wildman–Crippen LogP) is 2.94. The van der Waals surface area contributed by atoms with E-state index in [4.69, 9.17) is 11.3 Å². The van der Waals surface area contributed by atoms with Crippen LogP contribution in [0.4, 0.5) is 4.79 Å². The van der Waals surface area contributed by atoms with Crippen LogP contribution in [0.1, 0.15) is 41.5 Å². The lowest BCUT2D eigenvalue weighted by Gasteiger charge is -2.29. The highest BCUT2D eigenvalue weighted by atomic mass is 16.6. The van der Waals surface area contributed by atoms with Crippen LogP contribution in [0.25, 0.3) is 4.85 Å². The van der Waals surface area contributed by atoms with Gasteiger partial charge in [-0.2, -0.15) is 0 Å². The fourth-order valence-corrected chi connectivity index (χ4v) is 1.14. The van der Waals surface area contributed by atoms with E-state index >= 15 is 0 Å². The summed E-state index contributed by atoms with van der Waals surface area (Å²) in [6.07, 6.45) is -0.349. The largest absolute Gasteiger partial charge is 0.444 e. The van der Waals surface area contributed by atoms with Crippen molar-refractivity contribution in [1.29, 1.82) is 0 Å². The number of rotatable bonds is 3. The van der Waals surface area contributed by atoms with Crippen LogP contribution in [0, 0.1) is 6.57 Å². The molecule has 1 amide bonds. The number of ether oxygens (including phenoxy) is 1. The maximum Gasteiger partial charge on any atom is 0.410 e. The normalized spacial score (nSPS) is 13.1. The Bertz CT molecular complexity index is 274. The topological polar surface area (TPSA) is 33.9 Å². The van der Waals surface area contributed by atoms with E-state index in [1.54, 1.807) is 11.8 Å². The zero-order valence-electron chi connectivity index (χ0n) is 11.1. The van der Waals surface area contributed by atoms with Gasteiger partial charge in [0, 0.05) is 13.0 Å². The van der Waals surface area contributed by atoms with E-state index in [1.165, 1.54) is 0 Å². The molecule has 0 saturated heterocycles. The fourth-order valence-electron chi connectivity index (χ4n) is 1.14. The Morgan fingerprint density at radius 3 is 2.19 bits per heavy atom. The Morgan fingerprint density at radius 1 is 1.38 bits per heavy atom. The van der Waals surface area contributed by atoms with Gasteiger partial charge in [-0.05, 0) is 34.6 Å². The van der Waals surface area contributed by atoms with Crippen LogP contribution in [0.2, 0.25) is 0 Å². The summed E-state index contributed by atoms with van der Waals surface area (Å²) in [5, 5.41) is 0. The lowest BCUT2D eigenvalue weighted by atomic mass is 10.2. The average molecular weight is 226 g/mol. The van der Waals surface area contributed by atoms with E-state index in [2.05, 4.69) is 4.85 Å². The van der Waals surface area contributed by atoms with Crippen LogP contribution in [-0.2, 0) is 4.74 Å². The number of hydrogen-bond donors (Lipinski definition) is 0. The van der Waals surface area contributed by atoms with Gasteiger partial charge in [-0.3, -0.25) is 4.90 Å². The highest BCUT2D eigenvalue weighted by Crippen LogP contribution is 2.12. The molecule has 0 aliphatic rings. The highest BCUT2D eigenvalue weighted by molar-refractivity contribution is 5.68. The summed E-state index contributed by atoms with van der Waals surface area (Å²) in [7, 11) is 0. The first-order chi connectivity index (χ1) is 7.17. The molecule has 0 aromatic heterocycles. The molecule has 0 aromatic rings. The third-order valence-electron chi connectivity index (χ3n) is 1.93. The molecular formula is C12H22N2O2. The van der Waals surface area contributed by atoms with Crippen LogP contribution in [0.3, 0.4) is 0 Å². The smallest absolute Gasteiger partial charge is 0.410 e. The molecule has 0 aliphatic heterocycles. The molecule has 4 heteroatoms. The van der Waals surface area contributed by atoms with Crippen LogP contribution in [-0.4, -0.2) is 35.2 Å². The molecule has 0 bridgehead atoms. The standard InChI is InChI=1S/C12H22N2O2/c1-9(2)14(8-10(3)13-7)11(15)16-12(4,5)6/h9-10H,8H2,1-6H3. The first kappa shape index (κ1) is 14.8. The van der Waals surface area contributed by atoms with Gasteiger partial charge in [0.15, 0.2) is 0 Å². The molecule has 0 heterocycles. The summed E-state index contributed by atoms with van der Waals surface area (Å²) in [5.74, 6) is 0. The van der Waals surface area contributed by atoms with Crippen LogP contribution in [0.15, 0.2) is 0 Å². The van der Waals surface area contributed by atoms with Gasteiger partial charge in [0.2, 0.25) is 6.04 Å². The zero-order chi connectivity index (χ0) is 12.9. The van der Waals surface area contributed by atoms with Gasteiger partial charge in [-0.15, -0.1) is 0 Å². The Morgan fingerprint density at radius 2 is 1.88 bits per heavy atom. The Balaban J connectivity index is 4.56. The first-order valence-corrected chi connectivity index (χ1v) is 5.53. The van der Waals surface area contributed by atoms with Crippen molar-refractivity contribution in [3.05, 3.63) is 11.4 Å².